The molecule has 8 atom stereocenters. The third-order valence-electron chi connectivity index (χ3n) is 14.3. The Morgan fingerprint density at radius 1 is 0.827 bits per heavy atom. The molecule has 4 aliphatic rings. The second-order valence-electron chi connectivity index (χ2n) is 18.0. The van der Waals surface area contributed by atoms with Gasteiger partial charge in [-0.3, -0.25) is 4.79 Å². The van der Waals surface area contributed by atoms with E-state index in [4.69, 9.17) is 9.47 Å². The number of hydrogen-bond acceptors (Lipinski definition) is 4. The number of anilines is 1. The molecule has 284 valence electrons. The molecule has 4 aliphatic carbocycles. The minimum absolute atomic E-state index is 0.0811. The van der Waals surface area contributed by atoms with Crippen LogP contribution in [-0.4, -0.2) is 24.6 Å². The molecule has 2 aromatic carbocycles. The van der Waals surface area contributed by atoms with Crippen molar-refractivity contribution in [2.75, 3.05) is 11.9 Å². The first-order valence-electron chi connectivity index (χ1n) is 21.1. The van der Waals surface area contributed by atoms with Gasteiger partial charge in [0, 0.05) is 17.7 Å². The third kappa shape index (κ3) is 8.49. The topological polar surface area (TPSA) is 64.6 Å². The van der Waals surface area contributed by atoms with Crippen LogP contribution in [0.2, 0.25) is 0 Å². The van der Waals surface area contributed by atoms with E-state index in [2.05, 4.69) is 52.9 Å². The van der Waals surface area contributed by atoms with Crippen molar-refractivity contribution in [2.45, 2.75) is 144 Å². The normalized spacial score (nSPS) is 30.1. The number of fused-ring (bicyclic) bond motifs is 5. The number of esters is 1. The highest BCUT2D eigenvalue weighted by Gasteiger charge is 2.59. The molecule has 5 nitrogen and oxygen atoms in total. The first-order chi connectivity index (χ1) is 25.0. The molecule has 2 aromatic rings. The van der Waals surface area contributed by atoms with Crippen LogP contribution in [0.25, 0.3) is 0 Å². The Bertz CT molecular complexity index is 1530. The fraction of sp³-hybridized carbons (Fsp3) is 0.660. The maximum Gasteiger partial charge on any atom is 0.338 e. The summed E-state index contributed by atoms with van der Waals surface area (Å²) in [6.07, 6.45) is 21.0. The van der Waals surface area contributed by atoms with Crippen LogP contribution in [0.3, 0.4) is 0 Å². The summed E-state index contributed by atoms with van der Waals surface area (Å²) in [5.74, 6) is 5.24. The quantitative estimate of drug-likeness (QED) is 0.114. The molecule has 5 heteroatoms. The number of ether oxygens (including phenoxy) is 2. The minimum Gasteiger partial charge on any atom is -0.494 e. The number of nitrogens with one attached hydrogen (secondary N) is 1. The highest BCUT2D eigenvalue weighted by atomic mass is 16.5. The lowest BCUT2D eigenvalue weighted by atomic mass is 9.47. The molecule has 0 aliphatic heterocycles. The van der Waals surface area contributed by atoms with Gasteiger partial charge in [-0.15, -0.1) is 0 Å². The maximum absolute atomic E-state index is 13.3. The summed E-state index contributed by atoms with van der Waals surface area (Å²) < 4.78 is 12.0. The standard InChI is InChI=1S/C47H67NO4/c1-7-8-9-10-30-51-38-21-16-34(17-22-38)44(49)48-37-19-14-35(15-20-37)45(50)52-39-26-28-46(5)36(31-39)18-23-40-42-25-24-41(33(4)13-11-12-32(2)3)47(42,6)29-27-43(40)46/h14-22,32-33,39-43H,7-13,23-31H2,1-6H3,(H,48,49)/t33-,39+,40+,41-,42+,43+,46+,47-/m1/s1. The van der Waals surface area contributed by atoms with Crippen molar-refractivity contribution in [1.82, 2.24) is 0 Å². The van der Waals surface area contributed by atoms with Crippen LogP contribution in [0.1, 0.15) is 159 Å². The number of benzene rings is 2. The third-order valence-corrected chi connectivity index (χ3v) is 14.3. The molecule has 0 heterocycles. The number of amides is 1. The molecule has 0 bridgehead atoms. The Morgan fingerprint density at radius 3 is 2.31 bits per heavy atom. The summed E-state index contributed by atoms with van der Waals surface area (Å²) >= 11 is 0. The van der Waals surface area contributed by atoms with E-state index in [9.17, 15) is 9.59 Å². The van der Waals surface area contributed by atoms with Gasteiger partial charge in [-0.05, 0) is 146 Å². The van der Waals surface area contributed by atoms with Crippen molar-refractivity contribution in [3.63, 3.8) is 0 Å². The van der Waals surface area contributed by atoms with Gasteiger partial charge in [0.05, 0.1) is 12.2 Å². The van der Waals surface area contributed by atoms with Gasteiger partial charge >= 0.3 is 5.97 Å². The molecule has 6 rings (SSSR count). The zero-order valence-corrected chi connectivity index (χ0v) is 33.2. The van der Waals surface area contributed by atoms with Crippen LogP contribution in [0.15, 0.2) is 60.2 Å². The number of rotatable bonds is 15. The Hall–Kier alpha value is -3.08. The van der Waals surface area contributed by atoms with E-state index in [-0.39, 0.29) is 23.4 Å². The van der Waals surface area contributed by atoms with Crippen LogP contribution < -0.4 is 10.1 Å². The van der Waals surface area contributed by atoms with Gasteiger partial charge in [0.15, 0.2) is 0 Å². The average molecular weight is 710 g/mol. The first-order valence-corrected chi connectivity index (χ1v) is 21.1. The van der Waals surface area contributed by atoms with Crippen molar-refractivity contribution in [2.24, 2.45) is 46.3 Å². The number of unbranched alkanes of at least 4 members (excludes halogenated alkanes) is 3. The lowest BCUT2D eigenvalue weighted by molar-refractivity contribution is -0.0594. The lowest BCUT2D eigenvalue weighted by Gasteiger charge is -2.58. The number of allylic oxidation sites excluding steroid dienone is 1. The van der Waals surface area contributed by atoms with Crippen LogP contribution in [0.5, 0.6) is 5.75 Å². The fourth-order valence-corrected chi connectivity index (χ4v) is 11.3. The SMILES string of the molecule is CCCCCCOc1ccc(C(=O)Nc2ccc(C(=O)O[C@H]3CC[C@@]4(C)C(=CC[C@H]5[C@@H]6CC[C@H]([C@H](C)CCCC(C)C)[C@@]6(C)CC[C@@H]54)C3)cc2)cc1. The van der Waals surface area contributed by atoms with Gasteiger partial charge in [0.1, 0.15) is 11.9 Å². The van der Waals surface area contributed by atoms with E-state index in [0.29, 0.717) is 28.8 Å². The van der Waals surface area contributed by atoms with Crippen LogP contribution >= 0.6 is 0 Å². The minimum atomic E-state index is -0.279. The largest absolute Gasteiger partial charge is 0.494 e. The molecule has 0 aromatic heterocycles. The number of carbonyl (C=O) groups is 2. The summed E-state index contributed by atoms with van der Waals surface area (Å²) in [5, 5.41) is 2.95. The average Bonchev–Trinajstić information content (AvgIpc) is 3.49. The summed E-state index contributed by atoms with van der Waals surface area (Å²) in [4.78, 5) is 26.2. The maximum atomic E-state index is 13.3. The van der Waals surface area contributed by atoms with Gasteiger partial charge in [-0.2, -0.15) is 0 Å². The van der Waals surface area contributed by atoms with E-state index in [1.807, 2.05) is 12.1 Å². The van der Waals surface area contributed by atoms with Gasteiger partial charge < -0.3 is 14.8 Å². The smallest absolute Gasteiger partial charge is 0.338 e. The summed E-state index contributed by atoms with van der Waals surface area (Å²) in [6.45, 7) is 15.4. The predicted octanol–water partition coefficient (Wildman–Crippen LogP) is 12.5. The predicted molar refractivity (Wildman–Crippen MR) is 213 cm³/mol. The summed E-state index contributed by atoms with van der Waals surface area (Å²) in [5.41, 5.74) is 4.00. The molecule has 1 amide bonds. The van der Waals surface area contributed by atoms with E-state index in [0.717, 1.165) is 66.9 Å². The Morgan fingerprint density at radius 2 is 1.58 bits per heavy atom. The van der Waals surface area contributed by atoms with Gasteiger partial charge in [-0.1, -0.05) is 91.7 Å². The van der Waals surface area contributed by atoms with Crippen LogP contribution in [0.4, 0.5) is 5.69 Å². The number of hydrogen-bond donors (Lipinski definition) is 1. The molecular weight excluding hydrogens is 643 g/mol. The van der Waals surface area contributed by atoms with Crippen molar-refractivity contribution < 1.29 is 19.1 Å². The Kier molecular flexibility index (Phi) is 12.6. The van der Waals surface area contributed by atoms with Crippen molar-refractivity contribution >= 4 is 17.6 Å². The zero-order chi connectivity index (χ0) is 36.9. The Labute approximate surface area is 315 Å². The Balaban J connectivity index is 0.995. The molecular formula is C47H67NO4. The molecule has 1 N–H and O–H groups in total. The highest BCUT2D eigenvalue weighted by Crippen LogP contribution is 2.67. The van der Waals surface area contributed by atoms with E-state index < -0.39 is 0 Å². The molecule has 0 unspecified atom stereocenters. The second-order valence-corrected chi connectivity index (χ2v) is 18.0. The van der Waals surface area contributed by atoms with Crippen molar-refractivity contribution in [3.05, 3.63) is 71.3 Å². The van der Waals surface area contributed by atoms with Gasteiger partial charge in [0.2, 0.25) is 0 Å². The van der Waals surface area contributed by atoms with Crippen LogP contribution in [-0.2, 0) is 4.74 Å². The highest BCUT2D eigenvalue weighted by molar-refractivity contribution is 6.04. The first kappa shape index (κ1) is 38.6. The van der Waals surface area contributed by atoms with Gasteiger partial charge in [0.25, 0.3) is 5.91 Å². The molecule has 3 fully saturated rings. The molecule has 3 saturated carbocycles. The van der Waals surface area contributed by atoms with Crippen LogP contribution in [0, 0.1) is 46.3 Å². The lowest BCUT2D eigenvalue weighted by Crippen LogP contribution is -2.51. The molecule has 0 spiro atoms. The zero-order valence-electron chi connectivity index (χ0n) is 33.2. The monoisotopic (exact) mass is 710 g/mol. The van der Waals surface area contributed by atoms with E-state index in [1.54, 1.807) is 42.0 Å². The van der Waals surface area contributed by atoms with E-state index in [1.165, 1.54) is 70.6 Å². The number of carbonyl (C=O) groups excluding carboxylic acids is 2. The van der Waals surface area contributed by atoms with Crippen molar-refractivity contribution in [1.29, 1.82) is 0 Å². The van der Waals surface area contributed by atoms with Gasteiger partial charge in [-0.25, -0.2) is 4.79 Å². The summed E-state index contributed by atoms with van der Waals surface area (Å²) in [7, 11) is 0. The molecule has 52 heavy (non-hydrogen) atoms. The molecule has 0 saturated heterocycles. The fourth-order valence-electron chi connectivity index (χ4n) is 11.3. The van der Waals surface area contributed by atoms with E-state index >= 15 is 0 Å². The summed E-state index contributed by atoms with van der Waals surface area (Å²) in [6, 6.07) is 14.3. The second kappa shape index (κ2) is 16.9. The van der Waals surface area contributed by atoms with Crippen molar-refractivity contribution in [3.8, 4) is 5.75 Å². The molecule has 0 radical (unpaired) electrons.